The zero-order valence-corrected chi connectivity index (χ0v) is 10.1. The molecule has 0 aliphatic rings. The second-order valence-electron chi connectivity index (χ2n) is 4.08. The van der Waals surface area contributed by atoms with Crippen LogP contribution in [0.15, 0.2) is 42.6 Å². The molecule has 18 heavy (non-hydrogen) atoms. The highest BCUT2D eigenvalue weighted by Gasteiger charge is 2.03. The SMILES string of the molecule is Cc1ccc(NCc2cccc(C(=O)O)c2)nc1. The lowest BCUT2D eigenvalue weighted by Gasteiger charge is -2.06. The van der Waals surface area contributed by atoms with Crippen molar-refractivity contribution < 1.29 is 9.90 Å². The van der Waals surface area contributed by atoms with Gasteiger partial charge in [0.2, 0.25) is 0 Å². The fourth-order valence-corrected chi connectivity index (χ4v) is 1.58. The van der Waals surface area contributed by atoms with Crippen LogP contribution in [0.25, 0.3) is 0 Å². The first-order valence-corrected chi connectivity index (χ1v) is 5.64. The van der Waals surface area contributed by atoms with E-state index in [1.807, 2.05) is 25.1 Å². The zero-order valence-electron chi connectivity index (χ0n) is 10.1. The summed E-state index contributed by atoms with van der Waals surface area (Å²) < 4.78 is 0. The van der Waals surface area contributed by atoms with E-state index in [4.69, 9.17) is 5.11 Å². The quantitative estimate of drug-likeness (QED) is 0.865. The number of hydrogen-bond acceptors (Lipinski definition) is 3. The number of aryl methyl sites for hydroxylation is 1. The molecule has 0 amide bonds. The van der Waals surface area contributed by atoms with Gasteiger partial charge in [0.15, 0.2) is 0 Å². The van der Waals surface area contributed by atoms with Crippen molar-refractivity contribution in [1.29, 1.82) is 0 Å². The zero-order chi connectivity index (χ0) is 13.0. The Bertz CT molecular complexity index is 550. The Hall–Kier alpha value is -2.36. The minimum absolute atomic E-state index is 0.297. The molecule has 0 bridgehead atoms. The number of carbonyl (C=O) groups is 1. The van der Waals surface area contributed by atoms with Gasteiger partial charge >= 0.3 is 5.97 Å². The molecule has 0 fully saturated rings. The summed E-state index contributed by atoms with van der Waals surface area (Å²) in [6.45, 7) is 2.53. The molecule has 2 aromatic rings. The second kappa shape index (κ2) is 5.31. The van der Waals surface area contributed by atoms with Crippen LogP contribution in [0.2, 0.25) is 0 Å². The average molecular weight is 242 g/mol. The largest absolute Gasteiger partial charge is 0.478 e. The summed E-state index contributed by atoms with van der Waals surface area (Å²) in [6, 6.07) is 10.7. The third kappa shape index (κ3) is 3.07. The van der Waals surface area contributed by atoms with Crippen molar-refractivity contribution in [3.05, 3.63) is 59.3 Å². The number of carboxylic acids is 1. The Labute approximate surface area is 105 Å². The topological polar surface area (TPSA) is 62.2 Å². The van der Waals surface area contributed by atoms with Gasteiger partial charge in [-0.05, 0) is 36.2 Å². The number of pyridine rings is 1. The maximum atomic E-state index is 10.8. The van der Waals surface area contributed by atoms with Gasteiger partial charge in [0.25, 0.3) is 0 Å². The Kier molecular flexibility index (Phi) is 3.57. The minimum Gasteiger partial charge on any atom is -0.478 e. The summed E-state index contributed by atoms with van der Waals surface area (Å²) in [4.78, 5) is 15.1. The first-order valence-electron chi connectivity index (χ1n) is 5.64. The van der Waals surface area contributed by atoms with Gasteiger partial charge in [0.1, 0.15) is 5.82 Å². The normalized spacial score (nSPS) is 10.1. The molecule has 0 atom stereocenters. The van der Waals surface area contributed by atoms with Crippen LogP contribution < -0.4 is 5.32 Å². The summed E-state index contributed by atoms with van der Waals surface area (Å²) in [5, 5.41) is 12.0. The Morgan fingerprint density at radius 1 is 1.33 bits per heavy atom. The lowest BCUT2D eigenvalue weighted by Crippen LogP contribution is -2.03. The van der Waals surface area contributed by atoms with E-state index in [1.165, 1.54) is 0 Å². The lowest BCUT2D eigenvalue weighted by molar-refractivity contribution is 0.0697. The second-order valence-corrected chi connectivity index (χ2v) is 4.08. The summed E-state index contributed by atoms with van der Waals surface area (Å²) in [6.07, 6.45) is 1.79. The van der Waals surface area contributed by atoms with Crippen molar-refractivity contribution in [3.8, 4) is 0 Å². The standard InChI is InChI=1S/C14H14N2O2/c1-10-5-6-13(15-8-10)16-9-11-3-2-4-12(7-11)14(17)18/h2-8H,9H2,1H3,(H,15,16)(H,17,18). The molecule has 0 radical (unpaired) electrons. The van der Waals surface area contributed by atoms with Gasteiger partial charge in [-0.1, -0.05) is 18.2 Å². The summed E-state index contributed by atoms with van der Waals surface area (Å²) >= 11 is 0. The fraction of sp³-hybridized carbons (Fsp3) is 0.143. The van der Waals surface area contributed by atoms with Crippen molar-refractivity contribution in [2.45, 2.75) is 13.5 Å². The molecule has 4 heteroatoms. The van der Waals surface area contributed by atoms with Crippen LogP contribution in [0.5, 0.6) is 0 Å². The van der Waals surface area contributed by atoms with Gasteiger partial charge in [0, 0.05) is 12.7 Å². The van der Waals surface area contributed by atoms with Crippen LogP contribution in [-0.4, -0.2) is 16.1 Å². The number of aromatic nitrogens is 1. The van der Waals surface area contributed by atoms with Gasteiger partial charge in [-0.3, -0.25) is 0 Å². The number of carboxylic acid groups (broad SMARTS) is 1. The molecule has 1 aromatic carbocycles. The summed E-state index contributed by atoms with van der Waals surface area (Å²) in [7, 11) is 0. The number of nitrogens with zero attached hydrogens (tertiary/aromatic N) is 1. The van der Waals surface area contributed by atoms with E-state index in [9.17, 15) is 4.79 Å². The van der Waals surface area contributed by atoms with Gasteiger partial charge < -0.3 is 10.4 Å². The van der Waals surface area contributed by atoms with Crippen LogP contribution in [0.1, 0.15) is 21.5 Å². The number of benzene rings is 1. The highest BCUT2D eigenvalue weighted by molar-refractivity contribution is 5.87. The van der Waals surface area contributed by atoms with Crippen LogP contribution in [0.4, 0.5) is 5.82 Å². The third-order valence-corrected chi connectivity index (χ3v) is 2.56. The van der Waals surface area contributed by atoms with Crippen molar-refractivity contribution in [2.75, 3.05) is 5.32 Å². The molecular formula is C14H14N2O2. The maximum absolute atomic E-state index is 10.8. The molecule has 2 rings (SSSR count). The highest BCUT2D eigenvalue weighted by atomic mass is 16.4. The first-order chi connectivity index (χ1) is 8.65. The van der Waals surface area contributed by atoms with Crippen molar-refractivity contribution in [1.82, 2.24) is 4.98 Å². The third-order valence-electron chi connectivity index (χ3n) is 2.56. The van der Waals surface area contributed by atoms with E-state index in [-0.39, 0.29) is 0 Å². The van der Waals surface area contributed by atoms with E-state index in [1.54, 1.807) is 24.4 Å². The highest BCUT2D eigenvalue weighted by Crippen LogP contribution is 2.09. The molecule has 0 spiro atoms. The lowest BCUT2D eigenvalue weighted by atomic mass is 10.1. The van der Waals surface area contributed by atoms with Crippen LogP contribution in [0.3, 0.4) is 0 Å². The Morgan fingerprint density at radius 3 is 2.83 bits per heavy atom. The molecule has 0 aliphatic heterocycles. The van der Waals surface area contributed by atoms with Gasteiger partial charge in [-0.25, -0.2) is 9.78 Å². The van der Waals surface area contributed by atoms with Crippen LogP contribution >= 0.6 is 0 Å². The molecule has 1 aromatic heterocycles. The first kappa shape index (κ1) is 12.1. The molecule has 0 saturated heterocycles. The van der Waals surface area contributed by atoms with Crippen molar-refractivity contribution in [2.24, 2.45) is 0 Å². The predicted octanol–water partition coefficient (Wildman–Crippen LogP) is 2.70. The van der Waals surface area contributed by atoms with E-state index in [0.717, 1.165) is 16.9 Å². The fourth-order valence-electron chi connectivity index (χ4n) is 1.58. The predicted molar refractivity (Wildman–Crippen MR) is 69.7 cm³/mol. The monoisotopic (exact) mass is 242 g/mol. The molecular weight excluding hydrogens is 228 g/mol. The van der Waals surface area contributed by atoms with E-state index < -0.39 is 5.97 Å². The van der Waals surface area contributed by atoms with Gasteiger partial charge in [0.05, 0.1) is 5.56 Å². The maximum Gasteiger partial charge on any atom is 0.335 e. The smallest absolute Gasteiger partial charge is 0.335 e. The van der Waals surface area contributed by atoms with E-state index >= 15 is 0 Å². The van der Waals surface area contributed by atoms with Gasteiger partial charge in [-0.2, -0.15) is 0 Å². The number of hydrogen-bond donors (Lipinski definition) is 2. The van der Waals surface area contributed by atoms with Crippen LogP contribution in [-0.2, 0) is 6.54 Å². The number of rotatable bonds is 4. The molecule has 0 saturated carbocycles. The molecule has 2 N–H and O–H groups in total. The molecule has 4 nitrogen and oxygen atoms in total. The van der Waals surface area contributed by atoms with Crippen LogP contribution in [0, 0.1) is 6.92 Å². The summed E-state index contributed by atoms with van der Waals surface area (Å²) in [5.74, 6) is -0.133. The summed E-state index contributed by atoms with van der Waals surface area (Å²) in [5.41, 5.74) is 2.32. The van der Waals surface area contributed by atoms with Crippen molar-refractivity contribution in [3.63, 3.8) is 0 Å². The average Bonchev–Trinajstić information content (AvgIpc) is 2.38. The number of nitrogens with one attached hydrogen (secondary N) is 1. The number of anilines is 1. The van der Waals surface area contributed by atoms with Crippen molar-refractivity contribution >= 4 is 11.8 Å². The van der Waals surface area contributed by atoms with E-state index in [0.29, 0.717) is 12.1 Å². The van der Waals surface area contributed by atoms with E-state index in [2.05, 4.69) is 10.3 Å². The Balaban J connectivity index is 2.04. The number of aromatic carboxylic acids is 1. The molecule has 0 unspecified atom stereocenters. The molecule has 1 heterocycles. The minimum atomic E-state index is -0.912. The molecule has 0 aliphatic carbocycles. The Morgan fingerprint density at radius 2 is 2.17 bits per heavy atom. The van der Waals surface area contributed by atoms with Gasteiger partial charge in [-0.15, -0.1) is 0 Å². The molecule has 92 valence electrons.